The summed E-state index contributed by atoms with van der Waals surface area (Å²) in [7, 11) is 1.46. The highest BCUT2D eigenvalue weighted by molar-refractivity contribution is 6.25. The highest BCUT2D eigenvalue weighted by Gasteiger charge is 2.44. The topological polar surface area (TPSA) is 131 Å². The quantitative estimate of drug-likeness (QED) is 0.189. The summed E-state index contributed by atoms with van der Waals surface area (Å²) in [6.45, 7) is 7.32. The van der Waals surface area contributed by atoms with Crippen LogP contribution in [0.1, 0.15) is 88.0 Å². The normalized spacial score (nSPS) is 18.5. The molecule has 3 N–H and O–H groups in total. The second-order valence-electron chi connectivity index (χ2n) is 12.2. The number of hydrogen-bond donors (Lipinski definition) is 3. The van der Waals surface area contributed by atoms with Crippen LogP contribution < -0.4 is 21.1 Å². The molecule has 0 radical (unpaired) electrons. The van der Waals surface area contributed by atoms with Gasteiger partial charge in [-0.25, -0.2) is 5.43 Å². The fourth-order valence-corrected chi connectivity index (χ4v) is 6.92. The molecule has 45 heavy (non-hydrogen) atoms. The maximum atomic E-state index is 13.6. The SMILES string of the molecule is CCNNC(=O)c1ccc(C2CCN(CC3CCN(c4cccc5c4C(=O)N(C(CCC=O)C(=O)NC)C5=O)CC3)CC2)cc1. The Hall–Kier alpha value is -4.09. The van der Waals surface area contributed by atoms with Crippen LogP contribution in [0.5, 0.6) is 0 Å². The molecule has 2 fully saturated rings. The Kier molecular flexibility index (Phi) is 10.6. The number of fused-ring (bicyclic) bond motifs is 1. The minimum Gasteiger partial charge on any atom is -0.371 e. The summed E-state index contributed by atoms with van der Waals surface area (Å²) in [6, 6.07) is 12.3. The van der Waals surface area contributed by atoms with Gasteiger partial charge in [0.2, 0.25) is 5.91 Å². The van der Waals surface area contributed by atoms with Crippen LogP contribution in [0, 0.1) is 5.92 Å². The van der Waals surface area contributed by atoms with Crippen molar-refractivity contribution >= 4 is 35.6 Å². The molecule has 2 aromatic carbocycles. The van der Waals surface area contributed by atoms with Gasteiger partial charge in [0.1, 0.15) is 12.3 Å². The van der Waals surface area contributed by atoms with Crippen molar-refractivity contribution in [3.05, 3.63) is 64.7 Å². The van der Waals surface area contributed by atoms with Gasteiger partial charge in [-0.05, 0) is 86.9 Å². The van der Waals surface area contributed by atoms with E-state index in [9.17, 15) is 24.0 Å². The Bertz CT molecular complexity index is 1400. The fraction of sp³-hybridized carbons (Fsp3) is 0.500. The van der Waals surface area contributed by atoms with E-state index in [2.05, 4.69) is 38.1 Å². The summed E-state index contributed by atoms with van der Waals surface area (Å²) >= 11 is 0. The van der Waals surface area contributed by atoms with Crippen LogP contribution in [0.3, 0.4) is 0 Å². The number of nitrogens with one attached hydrogen (secondary N) is 3. The van der Waals surface area contributed by atoms with Gasteiger partial charge in [0.05, 0.1) is 16.8 Å². The number of piperidine rings is 2. The molecule has 2 aromatic rings. The van der Waals surface area contributed by atoms with Crippen molar-refractivity contribution in [1.29, 1.82) is 0 Å². The van der Waals surface area contributed by atoms with Crippen LogP contribution in [-0.4, -0.2) is 92.1 Å². The number of anilines is 1. The average Bonchev–Trinajstić information content (AvgIpc) is 3.33. The molecule has 1 unspecified atom stereocenters. The van der Waals surface area contributed by atoms with Crippen molar-refractivity contribution in [2.24, 2.45) is 5.92 Å². The van der Waals surface area contributed by atoms with Gasteiger partial charge in [0.15, 0.2) is 0 Å². The van der Waals surface area contributed by atoms with E-state index >= 15 is 0 Å². The lowest BCUT2D eigenvalue weighted by Crippen LogP contribution is -2.49. The molecule has 4 amide bonds. The molecule has 0 bridgehead atoms. The van der Waals surface area contributed by atoms with E-state index in [0.717, 1.165) is 69.0 Å². The minimum atomic E-state index is -1.02. The van der Waals surface area contributed by atoms with Gasteiger partial charge in [-0.2, -0.15) is 0 Å². The average molecular weight is 617 g/mol. The molecule has 5 rings (SSSR count). The largest absolute Gasteiger partial charge is 0.371 e. The number of likely N-dealkylation sites (N-methyl/N-ethyl adjacent to an activating group) is 1. The van der Waals surface area contributed by atoms with Crippen LogP contribution in [0.2, 0.25) is 0 Å². The monoisotopic (exact) mass is 616 g/mol. The van der Waals surface area contributed by atoms with Crippen LogP contribution in [0.4, 0.5) is 5.69 Å². The third-order valence-electron chi connectivity index (χ3n) is 9.43. The number of carbonyl (C=O) groups excluding carboxylic acids is 5. The summed E-state index contributed by atoms with van der Waals surface area (Å²) in [6.07, 6.45) is 5.03. The number of hydrazine groups is 1. The van der Waals surface area contributed by atoms with Crippen molar-refractivity contribution in [2.45, 2.75) is 57.4 Å². The number of carbonyl (C=O) groups is 5. The van der Waals surface area contributed by atoms with Crippen molar-refractivity contribution in [1.82, 2.24) is 26.0 Å². The lowest BCUT2D eigenvalue weighted by atomic mass is 9.88. The summed E-state index contributed by atoms with van der Waals surface area (Å²) in [5.74, 6) is -0.486. The molecular formula is C34H44N6O5. The first-order chi connectivity index (χ1) is 21.9. The van der Waals surface area contributed by atoms with Crippen molar-refractivity contribution in [2.75, 3.05) is 51.2 Å². The fourth-order valence-electron chi connectivity index (χ4n) is 6.92. The first kappa shape index (κ1) is 32.3. The number of hydrogen-bond acceptors (Lipinski definition) is 8. The summed E-state index contributed by atoms with van der Waals surface area (Å²) in [4.78, 5) is 68.5. The maximum Gasteiger partial charge on any atom is 0.265 e. The summed E-state index contributed by atoms with van der Waals surface area (Å²) in [5, 5.41) is 2.53. The molecule has 11 nitrogen and oxygen atoms in total. The lowest BCUT2D eigenvalue weighted by Gasteiger charge is -2.38. The lowest BCUT2D eigenvalue weighted by molar-refractivity contribution is -0.124. The van der Waals surface area contributed by atoms with Crippen molar-refractivity contribution < 1.29 is 24.0 Å². The van der Waals surface area contributed by atoms with E-state index in [1.807, 2.05) is 25.1 Å². The molecule has 0 aromatic heterocycles. The second-order valence-corrected chi connectivity index (χ2v) is 12.2. The predicted molar refractivity (Wildman–Crippen MR) is 171 cm³/mol. The standard InChI is InChI=1S/C34H44N6O5/c1-3-36-37-31(42)26-11-9-24(10-12-26)25-15-17-38(18-16-25)22-23-13-19-39(20-14-23)28-7-4-6-27-30(28)34(45)40(33(27)44)29(8-5-21-41)32(43)35-2/h4,6-7,9-12,21,23,25,29,36H,3,5,8,13-20,22H2,1-2H3,(H,35,43)(H,37,42). The van der Waals surface area contributed by atoms with E-state index in [1.165, 1.54) is 12.6 Å². The third kappa shape index (κ3) is 7.10. The molecule has 11 heteroatoms. The van der Waals surface area contributed by atoms with E-state index in [0.29, 0.717) is 41.4 Å². The Labute approximate surface area is 264 Å². The zero-order valence-corrected chi connectivity index (χ0v) is 26.2. The van der Waals surface area contributed by atoms with E-state index in [-0.39, 0.29) is 18.7 Å². The zero-order valence-electron chi connectivity index (χ0n) is 26.2. The molecular weight excluding hydrogens is 572 g/mol. The zero-order chi connectivity index (χ0) is 31.9. The highest BCUT2D eigenvalue weighted by atomic mass is 16.2. The molecule has 3 heterocycles. The summed E-state index contributed by atoms with van der Waals surface area (Å²) in [5.41, 5.74) is 8.88. The van der Waals surface area contributed by atoms with Crippen LogP contribution in [0.15, 0.2) is 42.5 Å². The highest BCUT2D eigenvalue weighted by Crippen LogP contribution is 2.36. The number of nitrogens with zero attached hydrogens (tertiary/aromatic N) is 3. The summed E-state index contributed by atoms with van der Waals surface area (Å²) < 4.78 is 0. The molecule has 0 aliphatic carbocycles. The van der Waals surface area contributed by atoms with Crippen LogP contribution >= 0.6 is 0 Å². The van der Waals surface area contributed by atoms with Crippen molar-refractivity contribution in [3.63, 3.8) is 0 Å². The Morgan fingerprint density at radius 1 is 0.956 bits per heavy atom. The molecule has 0 spiro atoms. The second kappa shape index (κ2) is 14.8. The molecule has 0 saturated carbocycles. The maximum absolute atomic E-state index is 13.6. The van der Waals surface area contributed by atoms with E-state index < -0.39 is 23.8 Å². The Morgan fingerprint density at radius 2 is 1.67 bits per heavy atom. The van der Waals surface area contributed by atoms with E-state index in [4.69, 9.17) is 0 Å². The first-order valence-corrected chi connectivity index (χ1v) is 16.1. The third-order valence-corrected chi connectivity index (χ3v) is 9.43. The first-order valence-electron chi connectivity index (χ1n) is 16.1. The van der Waals surface area contributed by atoms with E-state index in [1.54, 1.807) is 12.1 Å². The van der Waals surface area contributed by atoms with Crippen LogP contribution in [0.25, 0.3) is 0 Å². The molecule has 3 aliphatic rings. The number of benzene rings is 2. The number of rotatable bonds is 12. The van der Waals surface area contributed by atoms with Gasteiger partial charge in [0, 0.05) is 45.2 Å². The molecule has 3 aliphatic heterocycles. The number of aldehydes is 1. The van der Waals surface area contributed by atoms with Gasteiger partial charge in [-0.1, -0.05) is 25.1 Å². The Balaban J connectivity index is 1.14. The van der Waals surface area contributed by atoms with Crippen LogP contribution in [-0.2, 0) is 9.59 Å². The van der Waals surface area contributed by atoms with Gasteiger partial charge in [-0.3, -0.25) is 29.5 Å². The van der Waals surface area contributed by atoms with Gasteiger partial charge in [-0.15, -0.1) is 0 Å². The molecule has 240 valence electrons. The number of imide groups is 1. The molecule has 2 saturated heterocycles. The number of amides is 4. The van der Waals surface area contributed by atoms with Gasteiger partial charge in [0.25, 0.3) is 17.7 Å². The minimum absolute atomic E-state index is 0.0774. The number of likely N-dealkylation sites (tertiary alicyclic amines) is 1. The Morgan fingerprint density at radius 3 is 2.31 bits per heavy atom. The smallest absolute Gasteiger partial charge is 0.265 e. The predicted octanol–water partition coefficient (Wildman–Crippen LogP) is 2.73. The van der Waals surface area contributed by atoms with Crippen molar-refractivity contribution in [3.8, 4) is 0 Å². The van der Waals surface area contributed by atoms with Gasteiger partial charge >= 0.3 is 0 Å². The molecule has 1 atom stereocenters. The van der Waals surface area contributed by atoms with Gasteiger partial charge < -0.3 is 19.9 Å².